The number of aliphatic carboxylic acids is 1. The lowest BCUT2D eigenvalue weighted by Gasteiger charge is -2.19. The van der Waals surface area contributed by atoms with E-state index in [1.807, 2.05) is 0 Å². The first-order valence-electron chi connectivity index (χ1n) is 6.01. The molecule has 1 rings (SSSR count). The summed E-state index contributed by atoms with van der Waals surface area (Å²) in [6, 6.07) is 3.01. The van der Waals surface area contributed by atoms with Crippen LogP contribution in [0.5, 0.6) is 0 Å². The average molecular weight is 399 g/mol. The van der Waals surface area contributed by atoms with Crippen molar-refractivity contribution >= 4 is 49.2 Å². The molecule has 0 unspecified atom stereocenters. The number of nitrogens with zero attached hydrogens (tertiary/aromatic N) is 1. The Kier molecular flexibility index (Phi) is 6.78. The molecular formula is C11H15BrN2O5S2. The molecule has 0 saturated heterocycles. The zero-order valence-electron chi connectivity index (χ0n) is 11.2. The van der Waals surface area contributed by atoms with Gasteiger partial charge in [0.15, 0.2) is 0 Å². The summed E-state index contributed by atoms with van der Waals surface area (Å²) in [7, 11) is -3.77. The van der Waals surface area contributed by atoms with Crippen LogP contribution in [-0.4, -0.2) is 49.9 Å². The molecule has 10 heteroatoms. The number of nitrogens with one attached hydrogen (secondary N) is 1. The molecule has 1 amide bonds. The molecule has 21 heavy (non-hydrogen) atoms. The van der Waals surface area contributed by atoms with Crippen molar-refractivity contribution in [3.05, 3.63) is 15.9 Å². The SMILES string of the molecule is CCCN(CC(=O)O)C(=O)CNS(=O)(=O)c1ccc(Br)s1. The summed E-state index contributed by atoms with van der Waals surface area (Å²) in [6.07, 6.45) is 0.587. The van der Waals surface area contributed by atoms with E-state index in [1.54, 1.807) is 13.0 Å². The van der Waals surface area contributed by atoms with Crippen LogP contribution in [-0.2, 0) is 19.6 Å². The Bertz CT molecular complexity index is 614. The Morgan fingerprint density at radius 2 is 2.10 bits per heavy atom. The summed E-state index contributed by atoms with van der Waals surface area (Å²) in [4.78, 5) is 23.7. The third-order valence-corrected chi connectivity index (χ3v) is 5.92. The van der Waals surface area contributed by atoms with Crippen molar-refractivity contribution in [2.24, 2.45) is 0 Å². The molecule has 0 atom stereocenters. The number of hydrogen-bond donors (Lipinski definition) is 2. The maximum Gasteiger partial charge on any atom is 0.323 e. The smallest absolute Gasteiger partial charge is 0.323 e. The highest BCUT2D eigenvalue weighted by molar-refractivity contribution is 9.11. The second kappa shape index (κ2) is 7.87. The molecule has 0 fully saturated rings. The van der Waals surface area contributed by atoms with Gasteiger partial charge in [0.1, 0.15) is 10.8 Å². The van der Waals surface area contributed by atoms with Gasteiger partial charge in [-0.3, -0.25) is 9.59 Å². The molecular weight excluding hydrogens is 384 g/mol. The van der Waals surface area contributed by atoms with E-state index in [-0.39, 0.29) is 10.8 Å². The molecule has 1 heterocycles. The quantitative estimate of drug-likeness (QED) is 0.682. The van der Waals surface area contributed by atoms with E-state index in [2.05, 4.69) is 20.7 Å². The van der Waals surface area contributed by atoms with Crippen molar-refractivity contribution in [2.45, 2.75) is 17.6 Å². The van der Waals surface area contributed by atoms with E-state index in [4.69, 9.17) is 5.11 Å². The van der Waals surface area contributed by atoms with Crippen LogP contribution in [0.4, 0.5) is 0 Å². The van der Waals surface area contributed by atoms with Gasteiger partial charge in [0.05, 0.1) is 10.3 Å². The lowest BCUT2D eigenvalue weighted by molar-refractivity contribution is -0.144. The minimum Gasteiger partial charge on any atom is -0.480 e. The Morgan fingerprint density at radius 1 is 1.43 bits per heavy atom. The lowest BCUT2D eigenvalue weighted by atomic mass is 10.4. The molecule has 2 N–H and O–H groups in total. The molecule has 7 nitrogen and oxygen atoms in total. The lowest BCUT2D eigenvalue weighted by Crippen LogP contribution is -2.42. The van der Waals surface area contributed by atoms with Crippen LogP contribution in [0.25, 0.3) is 0 Å². The zero-order chi connectivity index (χ0) is 16.0. The first-order chi connectivity index (χ1) is 9.76. The second-order valence-electron chi connectivity index (χ2n) is 4.09. The Balaban J connectivity index is 2.67. The zero-order valence-corrected chi connectivity index (χ0v) is 14.4. The van der Waals surface area contributed by atoms with Gasteiger partial charge in [0.2, 0.25) is 5.91 Å². The predicted molar refractivity (Wildman–Crippen MR) is 81.7 cm³/mol. The van der Waals surface area contributed by atoms with Crippen molar-refractivity contribution in [2.75, 3.05) is 19.6 Å². The van der Waals surface area contributed by atoms with Crippen LogP contribution in [0, 0.1) is 0 Å². The van der Waals surface area contributed by atoms with Crippen molar-refractivity contribution in [1.29, 1.82) is 0 Å². The highest BCUT2D eigenvalue weighted by Crippen LogP contribution is 2.25. The van der Waals surface area contributed by atoms with Gasteiger partial charge in [-0.25, -0.2) is 13.1 Å². The van der Waals surface area contributed by atoms with Crippen molar-refractivity contribution < 1.29 is 23.1 Å². The number of carboxylic acid groups (broad SMARTS) is 1. The van der Waals surface area contributed by atoms with Crippen LogP contribution >= 0.6 is 27.3 Å². The number of halogens is 1. The summed E-state index contributed by atoms with van der Waals surface area (Å²) >= 11 is 4.18. The molecule has 118 valence electrons. The fraction of sp³-hybridized carbons (Fsp3) is 0.455. The van der Waals surface area contributed by atoms with Crippen molar-refractivity contribution in [3.63, 3.8) is 0 Å². The molecule has 1 aromatic heterocycles. The van der Waals surface area contributed by atoms with Crippen molar-refractivity contribution in [3.8, 4) is 0 Å². The van der Waals surface area contributed by atoms with E-state index >= 15 is 0 Å². The van der Waals surface area contributed by atoms with E-state index in [1.165, 1.54) is 6.07 Å². The van der Waals surface area contributed by atoms with Crippen molar-refractivity contribution in [1.82, 2.24) is 9.62 Å². The highest BCUT2D eigenvalue weighted by Gasteiger charge is 2.21. The number of amides is 1. The summed E-state index contributed by atoms with van der Waals surface area (Å²) < 4.78 is 26.8. The van der Waals surface area contributed by atoms with Crippen LogP contribution in [0.3, 0.4) is 0 Å². The predicted octanol–water partition coefficient (Wildman–Crippen LogP) is 1.11. The van der Waals surface area contributed by atoms with E-state index < -0.39 is 35.0 Å². The van der Waals surface area contributed by atoms with E-state index in [0.29, 0.717) is 10.2 Å². The molecule has 0 radical (unpaired) electrons. The number of sulfonamides is 1. The second-order valence-corrected chi connectivity index (χ2v) is 8.55. The van der Waals surface area contributed by atoms with Gasteiger partial charge >= 0.3 is 5.97 Å². The van der Waals surface area contributed by atoms with Gasteiger partial charge in [-0.1, -0.05) is 6.92 Å². The first-order valence-corrected chi connectivity index (χ1v) is 9.10. The summed E-state index contributed by atoms with van der Waals surface area (Å²) in [5.74, 6) is -1.71. The summed E-state index contributed by atoms with van der Waals surface area (Å²) in [5.41, 5.74) is 0. The average Bonchev–Trinajstić information content (AvgIpc) is 2.82. The Morgan fingerprint density at radius 3 is 2.57 bits per heavy atom. The molecule has 0 bridgehead atoms. The molecule has 0 aliphatic rings. The maximum absolute atomic E-state index is 11.9. The van der Waals surface area contributed by atoms with Gasteiger partial charge in [-0.05, 0) is 34.5 Å². The van der Waals surface area contributed by atoms with Crippen LogP contribution in [0.1, 0.15) is 13.3 Å². The number of hydrogen-bond acceptors (Lipinski definition) is 5. The monoisotopic (exact) mass is 398 g/mol. The fourth-order valence-corrected chi connectivity index (χ4v) is 4.54. The number of carbonyl (C=O) groups excluding carboxylic acids is 1. The van der Waals surface area contributed by atoms with Gasteiger partial charge in [0.25, 0.3) is 10.0 Å². The first kappa shape index (κ1) is 18.1. The van der Waals surface area contributed by atoms with Crippen LogP contribution in [0.2, 0.25) is 0 Å². The molecule has 0 aliphatic carbocycles. The topological polar surface area (TPSA) is 104 Å². The molecule has 0 aromatic carbocycles. The van der Waals surface area contributed by atoms with Gasteiger partial charge < -0.3 is 10.0 Å². The Labute approximate surface area is 135 Å². The van der Waals surface area contributed by atoms with Gasteiger partial charge in [-0.15, -0.1) is 11.3 Å². The summed E-state index contributed by atoms with van der Waals surface area (Å²) in [6.45, 7) is 1.15. The number of carboxylic acids is 1. The largest absolute Gasteiger partial charge is 0.480 e. The minimum absolute atomic E-state index is 0.0856. The van der Waals surface area contributed by atoms with Crippen LogP contribution in [0.15, 0.2) is 20.1 Å². The minimum atomic E-state index is -3.77. The third-order valence-electron chi connectivity index (χ3n) is 2.40. The standard InChI is InChI=1S/C11H15BrN2O5S2/c1-2-5-14(7-10(16)17)9(15)6-13-21(18,19)11-4-3-8(12)20-11/h3-4,13H,2,5-7H2,1H3,(H,16,17). The third kappa shape index (κ3) is 5.73. The van der Waals surface area contributed by atoms with Crippen LogP contribution < -0.4 is 4.72 Å². The van der Waals surface area contributed by atoms with Gasteiger partial charge in [0, 0.05) is 6.54 Å². The van der Waals surface area contributed by atoms with E-state index in [9.17, 15) is 18.0 Å². The molecule has 0 saturated carbocycles. The van der Waals surface area contributed by atoms with E-state index in [0.717, 1.165) is 16.2 Å². The fourth-order valence-electron chi connectivity index (χ4n) is 1.51. The number of thiophene rings is 1. The molecule has 1 aromatic rings. The maximum atomic E-state index is 11.9. The molecule has 0 spiro atoms. The molecule has 0 aliphatic heterocycles. The number of carbonyl (C=O) groups is 2. The summed E-state index contributed by atoms with van der Waals surface area (Å²) in [5, 5.41) is 8.73. The van der Waals surface area contributed by atoms with Gasteiger partial charge in [-0.2, -0.15) is 0 Å². The number of rotatable bonds is 8. The normalized spacial score (nSPS) is 11.3. The Hall–Kier alpha value is -0.970. The highest BCUT2D eigenvalue weighted by atomic mass is 79.9.